The lowest BCUT2D eigenvalue weighted by Crippen LogP contribution is -2.49. The molecule has 2 aromatic heterocycles. The molecule has 3 heterocycles. The first-order valence-electron chi connectivity index (χ1n) is 9.89. The third kappa shape index (κ3) is 3.68. The fourth-order valence-electron chi connectivity index (χ4n) is 3.73. The number of aromatic nitrogens is 2. The Labute approximate surface area is 169 Å². The van der Waals surface area contributed by atoms with Gasteiger partial charge in [0.15, 0.2) is 5.82 Å². The number of H-pyrrole nitrogens is 1. The van der Waals surface area contributed by atoms with Gasteiger partial charge >= 0.3 is 0 Å². The molecule has 7 nitrogen and oxygen atoms in total. The number of amides is 1. The molecule has 0 bridgehead atoms. The van der Waals surface area contributed by atoms with Crippen LogP contribution in [0.25, 0.3) is 10.9 Å². The van der Waals surface area contributed by atoms with E-state index < -0.39 is 0 Å². The van der Waals surface area contributed by atoms with Gasteiger partial charge in [0.2, 0.25) is 0 Å². The van der Waals surface area contributed by atoms with E-state index in [-0.39, 0.29) is 5.91 Å². The zero-order chi connectivity index (χ0) is 20.4. The third-order valence-corrected chi connectivity index (χ3v) is 5.53. The van der Waals surface area contributed by atoms with Crippen LogP contribution in [-0.2, 0) is 0 Å². The van der Waals surface area contributed by atoms with E-state index in [1.54, 1.807) is 12.1 Å². The van der Waals surface area contributed by atoms with Gasteiger partial charge in [0, 0.05) is 62.4 Å². The van der Waals surface area contributed by atoms with Gasteiger partial charge in [-0.2, -0.15) is 0 Å². The molecule has 1 fully saturated rings. The number of nitrogens with one attached hydrogen (secondary N) is 1. The number of nitrogens with zero attached hydrogens (tertiary/aromatic N) is 4. The Bertz CT molecular complexity index is 1040. The summed E-state index contributed by atoms with van der Waals surface area (Å²) in [6.45, 7) is 5.78. The number of piperazine rings is 1. The zero-order valence-electron chi connectivity index (χ0n) is 16.8. The Balaban J connectivity index is 1.47. The molecule has 4 rings (SSSR count). The maximum atomic E-state index is 13.0. The number of fused-ring (bicyclic) bond motifs is 1. The van der Waals surface area contributed by atoms with Crippen molar-refractivity contribution in [2.45, 2.75) is 6.92 Å². The largest absolute Gasteiger partial charge is 0.372 e. The summed E-state index contributed by atoms with van der Waals surface area (Å²) >= 11 is 0. The van der Waals surface area contributed by atoms with E-state index >= 15 is 0 Å². The normalized spacial score (nSPS) is 14.3. The van der Waals surface area contributed by atoms with E-state index in [1.807, 2.05) is 29.3 Å². The maximum Gasteiger partial charge on any atom is 0.270 e. The Morgan fingerprint density at radius 3 is 2.72 bits per heavy atom. The first kappa shape index (κ1) is 19.0. The molecule has 1 aromatic carbocycles. The third-order valence-electron chi connectivity index (χ3n) is 5.53. The molecule has 1 saturated heterocycles. The van der Waals surface area contributed by atoms with Crippen molar-refractivity contribution in [3.05, 3.63) is 53.9 Å². The highest BCUT2D eigenvalue weighted by molar-refractivity contribution is 5.99. The van der Waals surface area contributed by atoms with E-state index in [0.29, 0.717) is 24.3 Å². The minimum Gasteiger partial charge on any atom is -0.372 e. The summed E-state index contributed by atoms with van der Waals surface area (Å²) < 4.78 is 0. The molecule has 150 valence electrons. The smallest absolute Gasteiger partial charge is 0.270 e. The molecule has 0 unspecified atom stereocenters. The van der Waals surface area contributed by atoms with Crippen molar-refractivity contribution in [3.8, 4) is 0 Å². The lowest BCUT2D eigenvalue weighted by atomic mass is 10.2. The molecule has 1 aliphatic rings. The number of aldehydes is 1. The predicted octanol–water partition coefficient (Wildman–Crippen LogP) is 2.79. The van der Waals surface area contributed by atoms with Gasteiger partial charge < -0.3 is 19.7 Å². The standard InChI is InChI=1S/C22H25N5O2/c1-3-25(2)20-5-4-8-23-21(20)26-9-11-27(12-10-26)22(29)19-14-17-7-6-16(15-28)13-18(17)24-19/h4-8,13-15,24H,3,9-12H2,1-2H3. The second kappa shape index (κ2) is 7.95. The molecule has 1 N–H and O–H groups in total. The molecule has 0 radical (unpaired) electrons. The van der Waals surface area contributed by atoms with Crippen molar-refractivity contribution < 1.29 is 9.59 Å². The topological polar surface area (TPSA) is 72.5 Å². The van der Waals surface area contributed by atoms with E-state index in [4.69, 9.17) is 0 Å². The van der Waals surface area contributed by atoms with Crippen molar-refractivity contribution in [3.63, 3.8) is 0 Å². The minimum atomic E-state index is -0.0135. The Kier molecular flexibility index (Phi) is 5.20. The molecule has 0 saturated carbocycles. The SMILES string of the molecule is CCN(C)c1cccnc1N1CCN(C(=O)c2cc3ccc(C=O)cc3[nH]2)CC1. The van der Waals surface area contributed by atoms with E-state index in [2.05, 4.69) is 39.8 Å². The molecule has 3 aromatic rings. The van der Waals surface area contributed by atoms with Crippen LogP contribution in [0.1, 0.15) is 27.8 Å². The number of benzene rings is 1. The summed E-state index contributed by atoms with van der Waals surface area (Å²) in [6, 6.07) is 11.3. The van der Waals surface area contributed by atoms with Crippen LogP contribution in [0.15, 0.2) is 42.6 Å². The molecule has 0 spiro atoms. The van der Waals surface area contributed by atoms with Gasteiger partial charge in [-0.25, -0.2) is 4.98 Å². The summed E-state index contributed by atoms with van der Waals surface area (Å²) in [6.07, 6.45) is 2.63. The first-order valence-corrected chi connectivity index (χ1v) is 9.89. The molecular weight excluding hydrogens is 366 g/mol. The quantitative estimate of drug-likeness (QED) is 0.677. The lowest BCUT2D eigenvalue weighted by Gasteiger charge is -2.36. The van der Waals surface area contributed by atoms with Crippen LogP contribution in [0.2, 0.25) is 0 Å². The van der Waals surface area contributed by atoms with Gasteiger partial charge in [0.25, 0.3) is 5.91 Å². The van der Waals surface area contributed by atoms with Crippen LogP contribution >= 0.6 is 0 Å². The highest BCUT2D eigenvalue weighted by Gasteiger charge is 2.25. The molecule has 7 heteroatoms. The van der Waals surface area contributed by atoms with Crippen LogP contribution < -0.4 is 9.80 Å². The van der Waals surface area contributed by atoms with E-state index in [0.717, 1.165) is 48.3 Å². The van der Waals surface area contributed by atoms with Crippen molar-refractivity contribution in [1.82, 2.24) is 14.9 Å². The van der Waals surface area contributed by atoms with Crippen LogP contribution in [0.3, 0.4) is 0 Å². The van der Waals surface area contributed by atoms with Gasteiger partial charge in [-0.05, 0) is 31.2 Å². The van der Waals surface area contributed by atoms with Crippen molar-refractivity contribution in [1.29, 1.82) is 0 Å². The van der Waals surface area contributed by atoms with Gasteiger partial charge in [-0.15, -0.1) is 0 Å². The Hall–Kier alpha value is -3.35. The number of aromatic amines is 1. The van der Waals surface area contributed by atoms with Crippen LogP contribution in [-0.4, -0.2) is 66.8 Å². The number of carbonyl (C=O) groups excluding carboxylic acids is 2. The average molecular weight is 391 g/mol. The monoisotopic (exact) mass is 391 g/mol. The van der Waals surface area contributed by atoms with E-state index in [9.17, 15) is 9.59 Å². The van der Waals surface area contributed by atoms with Crippen LogP contribution in [0.5, 0.6) is 0 Å². The van der Waals surface area contributed by atoms with Gasteiger partial charge in [0.1, 0.15) is 12.0 Å². The highest BCUT2D eigenvalue weighted by atomic mass is 16.2. The summed E-state index contributed by atoms with van der Waals surface area (Å²) in [5.41, 5.74) is 3.06. The first-order chi connectivity index (χ1) is 14.1. The Morgan fingerprint density at radius 2 is 2.00 bits per heavy atom. The van der Waals surface area contributed by atoms with Crippen molar-refractivity contribution in [2.24, 2.45) is 0 Å². The van der Waals surface area contributed by atoms with Crippen molar-refractivity contribution >= 4 is 34.6 Å². The van der Waals surface area contributed by atoms with Gasteiger partial charge in [-0.1, -0.05) is 12.1 Å². The molecule has 0 atom stereocenters. The van der Waals surface area contributed by atoms with Crippen LogP contribution in [0.4, 0.5) is 11.5 Å². The molecule has 0 aliphatic carbocycles. The number of anilines is 2. The molecule has 29 heavy (non-hydrogen) atoms. The fourth-order valence-corrected chi connectivity index (χ4v) is 3.73. The average Bonchev–Trinajstić information content (AvgIpc) is 3.21. The summed E-state index contributed by atoms with van der Waals surface area (Å²) in [5, 5.41) is 0.929. The summed E-state index contributed by atoms with van der Waals surface area (Å²) in [5.74, 6) is 0.955. The number of pyridine rings is 1. The van der Waals surface area contributed by atoms with Crippen LogP contribution in [0, 0.1) is 0 Å². The molecule has 1 aliphatic heterocycles. The lowest BCUT2D eigenvalue weighted by molar-refractivity contribution is 0.0741. The second-order valence-electron chi connectivity index (χ2n) is 7.29. The van der Waals surface area contributed by atoms with Gasteiger partial charge in [-0.3, -0.25) is 9.59 Å². The second-order valence-corrected chi connectivity index (χ2v) is 7.29. The number of hydrogen-bond donors (Lipinski definition) is 1. The number of rotatable bonds is 5. The van der Waals surface area contributed by atoms with E-state index in [1.165, 1.54) is 0 Å². The Morgan fingerprint density at radius 1 is 1.21 bits per heavy atom. The summed E-state index contributed by atoms with van der Waals surface area (Å²) in [7, 11) is 2.06. The molecular formula is C22H25N5O2. The predicted molar refractivity (Wildman–Crippen MR) is 115 cm³/mol. The fraction of sp³-hybridized carbons (Fsp3) is 0.318. The summed E-state index contributed by atoms with van der Waals surface area (Å²) in [4.78, 5) is 38.0. The van der Waals surface area contributed by atoms with Crippen molar-refractivity contribution in [2.75, 3.05) is 49.6 Å². The molecule has 1 amide bonds. The number of carbonyl (C=O) groups is 2. The number of hydrogen-bond acceptors (Lipinski definition) is 5. The van der Waals surface area contributed by atoms with Gasteiger partial charge in [0.05, 0.1) is 5.69 Å². The highest BCUT2D eigenvalue weighted by Crippen LogP contribution is 2.27. The maximum absolute atomic E-state index is 13.0. The zero-order valence-corrected chi connectivity index (χ0v) is 16.8. The minimum absolute atomic E-state index is 0.0135.